The Labute approximate surface area is 233 Å². The molecule has 40 heavy (non-hydrogen) atoms. The Hall–Kier alpha value is -2.43. The quantitative estimate of drug-likeness (QED) is 0.260. The molecule has 3 atom stereocenters. The number of nitrogens with two attached hydrogens (primary N) is 1. The summed E-state index contributed by atoms with van der Waals surface area (Å²) in [5.74, 6) is 0.249. The number of piperidine rings is 1. The molecule has 2 unspecified atom stereocenters. The van der Waals surface area contributed by atoms with Gasteiger partial charge in [0, 0.05) is 51.9 Å². The SMILES string of the molecule is COCCCOC(c1ccccc1C(F)(F)F)C1CCCN(c2c(N[C@H](CN)CC3CCCCC3)c(=O)c2=O)C1. The highest BCUT2D eigenvalue weighted by Crippen LogP contribution is 2.41. The fourth-order valence-electron chi connectivity index (χ4n) is 6.42. The lowest BCUT2D eigenvalue weighted by Gasteiger charge is -2.40. The average molecular weight is 566 g/mol. The lowest BCUT2D eigenvalue weighted by molar-refractivity contribution is -0.140. The second-order valence-electron chi connectivity index (χ2n) is 11.3. The van der Waals surface area contributed by atoms with Crippen molar-refractivity contribution in [3.05, 3.63) is 55.8 Å². The number of halogens is 3. The first-order valence-corrected chi connectivity index (χ1v) is 14.6. The van der Waals surface area contributed by atoms with Gasteiger partial charge in [0.05, 0.1) is 11.7 Å². The van der Waals surface area contributed by atoms with Crippen LogP contribution in [-0.4, -0.2) is 46.0 Å². The first-order valence-electron chi connectivity index (χ1n) is 14.6. The molecule has 2 aliphatic rings. The number of hydrogen-bond acceptors (Lipinski definition) is 7. The number of ether oxygens (including phenoxy) is 2. The van der Waals surface area contributed by atoms with Gasteiger partial charge >= 0.3 is 6.18 Å². The fourth-order valence-corrected chi connectivity index (χ4v) is 6.42. The molecule has 7 nitrogen and oxygen atoms in total. The van der Waals surface area contributed by atoms with Crippen LogP contribution in [0.3, 0.4) is 0 Å². The molecule has 1 aliphatic heterocycles. The van der Waals surface area contributed by atoms with Gasteiger partial charge in [-0.25, -0.2) is 0 Å². The van der Waals surface area contributed by atoms with Crippen LogP contribution in [0, 0.1) is 11.8 Å². The van der Waals surface area contributed by atoms with Crippen molar-refractivity contribution in [3.8, 4) is 0 Å². The van der Waals surface area contributed by atoms with Crippen molar-refractivity contribution in [2.24, 2.45) is 17.6 Å². The average Bonchev–Trinajstić information content (AvgIpc) is 2.96. The number of nitrogens with one attached hydrogen (secondary N) is 1. The van der Waals surface area contributed by atoms with E-state index in [-0.39, 0.29) is 24.1 Å². The molecular formula is C30H42F3N3O4. The predicted molar refractivity (Wildman–Crippen MR) is 151 cm³/mol. The van der Waals surface area contributed by atoms with Crippen LogP contribution in [0.25, 0.3) is 0 Å². The molecule has 10 heteroatoms. The van der Waals surface area contributed by atoms with E-state index in [4.69, 9.17) is 15.2 Å². The molecule has 222 valence electrons. The van der Waals surface area contributed by atoms with Crippen molar-refractivity contribution < 1.29 is 22.6 Å². The van der Waals surface area contributed by atoms with Crippen LogP contribution >= 0.6 is 0 Å². The monoisotopic (exact) mass is 565 g/mol. The van der Waals surface area contributed by atoms with E-state index in [9.17, 15) is 22.8 Å². The highest BCUT2D eigenvalue weighted by atomic mass is 19.4. The Morgan fingerprint density at radius 3 is 2.50 bits per heavy atom. The van der Waals surface area contributed by atoms with Crippen molar-refractivity contribution in [1.82, 2.24) is 0 Å². The van der Waals surface area contributed by atoms with Crippen LogP contribution in [0.5, 0.6) is 0 Å². The molecule has 0 bridgehead atoms. The van der Waals surface area contributed by atoms with E-state index in [2.05, 4.69) is 5.32 Å². The lowest BCUT2D eigenvalue weighted by Crippen LogP contribution is -2.49. The topological polar surface area (TPSA) is 93.9 Å². The molecule has 1 aliphatic carbocycles. The smallest absolute Gasteiger partial charge is 0.385 e. The Morgan fingerprint density at radius 1 is 1.05 bits per heavy atom. The van der Waals surface area contributed by atoms with Gasteiger partial charge < -0.3 is 25.4 Å². The number of anilines is 2. The zero-order valence-corrected chi connectivity index (χ0v) is 23.3. The standard InChI is InChI=1S/C30H42F3N3O4/c1-39-15-8-16-40-29(23-12-5-6-13-24(23)30(31,32)33)21-11-7-14-36(19-21)26-25(27(37)28(26)38)35-22(18-34)17-20-9-3-2-4-10-20/h5-6,12-13,20-22,29,35H,2-4,7-11,14-19,34H2,1H3/t21?,22-,29?/m0/s1. The molecule has 0 aromatic heterocycles. The molecule has 4 rings (SSSR count). The van der Waals surface area contributed by atoms with Crippen LogP contribution in [0.1, 0.15) is 75.0 Å². The maximum Gasteiger partial charge on any atom is 0.416 e. The van der Waals surface area contributed by atoms with Crippen LogP contribution in [0.15, 0.2) is 33.9 Å². The summed E-state index contributed by atoms with van der Waals surface area (Å²) in [6, 6.07) is 5.42. The van der Waals surface area contributed by atoms with Crippen molar-refractivity contribution in [2.75, 3.05) is 50.2 Å². The van der Waals surface area contributed by atoms with E-state index in [0.29, 0.717) is 62.8 Å². The van der Waals surface area contributed by atoms with E-state index >= 15 is 0 Å². The zero-order chi connectivity index (χ0) is 28.7. The van der Waals surface area contributed by atoms with E-state index in [1.54, 1.807) is 13.2 Å². The first kappa shape index (κ1) is 30.5. The third-order valence-electron chi connectivity index (χ3n) is 8.43. The van der Waals surface area contributed by atoms with E-state index in [1.807, 2.05) is 4.90 Å². The summed E-state index contributed by atoms with van der Waals surface area (Å²) < 4.78 is 53.1. The molecule has 2 aromatic rings. The Bertz CT molecular complexity index is 1160. The summed E-state index contributed by atoms with van der Waals surface area (Å²) in [6.07, 6.45) is 3.32. The van der Waals surface area contributed by atoms with Crippen LogP contribution in [0.2, 0.25) is 0 Å². The molecule has 0 amide bonds. The van der Waals surface area contributed by atoms with Gasteiger partial charge in [-0.2, -0.15) is 13.2 Å². The summed E-state index contributed by atoms with van der Waals surface area (Å²) >= 11 is 0. The van der Waals surface area contributed by atoms with Gasteiger partial charge in [-0.15, -0.1) is 0 Å². The van der Waals surface area contributed by atoms with Gasteiger partial charge in [0.25, 0.3) is 10.9 Å². The second-order valence-corrected chi connectivity index (χ2v) is 11.3. The van der Waals surface area contributed by atoms with Crippen molar-refractivity contribution >= 4 is 11.4 Å². The third-order valence-corrected chi connectivity index (χ3v) is 8.43. The van der Waals surface area contributed by atoms with Gasteiger partial charge in [-0.3, -0.25) is 9.59 Å². The molecule has 2 aromatic carbocycles. The molecule has 3 N–H and O–H groups in total. The van der Waals surface area contributed by atoms with E-state index in [0.717, 1.165) is 25.3 Å². The minimum Gasteiger partial charge on any atom is -0.385 e. The highest BCUT2D eigenvalue weighted by molar-refractivity contribution is 5.75. The number of nitrogens with zero attached hydrogens (tertiary/aromatic N) is 1. The van der Waals surface area contributed by atoms with Crippen molar-refractivity contribution in [2.45, 2.75) is 76.1 Å². The summed E-state index contributed by atoms with van der Waals surface area (Å²) in [5.41, 5.74) is 4.96. The van der Waals surface area contributed by atoms with Crippen LogP contribution in [-0.2, 0) is 15.7 Å². The van der Waals surface area contributed by atoms with Crippen LogP contribution < -0.4 is 26.8 Å². The van der Waals surface area contributed by atoms with Gasteiger partial charge in [-0.1, -0.05) is 50.3 Å². The lowest BCUT2D eigenvalue weighted by atomic mass is 9.84. The molecule has 2 fully saturated rings. The van der Waals surface area contributed by atoms with E-state index in [1.165, 1.54) is 31.4 Å². The summed E-state index contributed by atoms with van der Waals surface area (Å²) in [4.78, 5) is 27.3. The molecular weight excluding hydrogens is 523 g/mol. The molecule has 1 saturated carbocycles. The number of benzene rings is 1. The van der Waals surface area contributed by atoms with Crippen LogP contribution in [0.4, 0.5) is 24.5 Å². The largest absolute Gasteiger partial charge is 0.416 e. The van der Waals surface area contributed by atoms with Gasteiger partial charge in [0.15, 0.2) is 0 Å². The first-order chi connectivity index (χ1) is 19.2. The second kappa shape index (κ2) is 14.0. The summed E-state index contributed by atoms with van der Waals surface area (Å²) in [6.45, 7) is 1.89. The molecule has 1 saturated heterocycles. The normalized spacial score (nSPS) is 20.5. The fraction of sp³-hybridized carbons (Fsp3) is 0.667. The van der Waals surface area contributed by atoms with Crippen molar-refractivity contribution in [1.29, 1.82) is 0 Å². The summed E-state index contributed by atoms with van der Waals surface area (Å²) in [5, 5.41) is 3.28. The maximum absolute atomic E-state index is 14.0. The minimum absolute atomic E-state index is 0.0956. The molecule has 0 radical (unpaired) electrons. The van der Waals surface area contributed by atoms with Gasteiger partial charge in [-0.05, 0) is 43.2 Å². The Balaban J connectivity index is 1.54. The van der Waals surface area contributed by atoms with Crippen molar-refractivity contribution in [3.63, 3.8) is 0 Å². The Kier molecular flexibility index (Phi) is 10.7. The third kappa shape index (κ3) is 7.25. The van der Waals surface area contributed by atoms with Gasteiger partial charge in [0.2, 0.25) is 0 Å². The van der Waals surface area contributed by atoms with E-state index < -0.39 is 28.7 Å². The van der Waals surface area contributed by atoms with Gasteiger partial charge in [0.1, 0.15) is 11.4 Å². The highest BCUT2D eigenvalue weighted by Gasteiger charge is 2.39. The maximum atomic E-state index is 14.0. The number of methoxy groups -OCH3 is 1. The predicted octanol–water partition coefficient (Wildman–Crippen LogP) is 5.02. The Morgan fingerprint density at radius 2 is 1.80 bits per heavy atom. The number of hydrogen-bond donors (Lipinski definition) is 2. The minimum atomic E-state index is -4.52. The number of rotatable bonds is 13. The molecule has 1 heterocycles. The zero-order valence-electron chi connectivity index (χ0n) is 23.3. The number of alkyl halides is 3. The summed E-state index contributed by atoms with van der Waals surface area (Å²) in [7, 11) is 1.57. The molecule has 0 spiro atoms.